The normalized spacial score (nSPS) is 21.3. The highest BCUT2D eigenvalue weighted by Crippen LogP contribution is 2.15. The second kappa shape index (κ2) is 6.14. The molecule has 5 heteroatoms. The number of carbonyl (C=O) groups excluding carboxylic acids is 1. The summed E-state index contributed by atoms with van der Waals surface area (Å²) in [6.07, 6.45) is 0.0560. The first-order chi connectivity index (χ1) is 9.08. The van der Waals surface area contributed by atoms with E-state index in [9.17, 15) is 9.90 Å². The van der Waals surface area contributed by atoms with Gasteiger partial charge in [0.15, 0.2) is 0 Å². The molecule has 5 N–H and O–H groups in total. The largest absolute Gasteiger partial charge is 0.391 e. The fraction of sp³-hybridized carbons (Fsp3) is 0.500. The molecule has 0 radical (unpaired) electrons. The van der Waals surface area contributed by atoms with Crippen LogP contribution in [0.4, 0.5) is 0 Å². The molecule has 1 aliphatic rings. The Labute approximate surface area is 113 Å². The predicted octanol–water partition coefficient (Wildman–Crippen LogP) is -0.475. The maximum absolute atomic E-state index is 11.6. The van der Waals surface area contributed by atoms with Crippen molar-refractivity contribution in [3.05, 3.63) is 35.4 Å². The lowest BCUT2D eigenvalue weighted by molar-refractivity contribution is -0.124. The van der Waals surface area contributed by atoms with Crippen LogP contribution in [-0.2, 0) is 17.8 Å². The number of hydrogen-bond donors (Lipinski definition) is 4. The van der Waals surface area contributed by atoms with Crippen LogP contribution in [0.3, 0.4) is 0 Å². The van der Waals surface area contributed by atoms with Crippen molar-refractivity contribution in [2.24, 2.45) is 5.73 Å². The highest BCUT2D eigenvalue weighted by atomic mass is 16.3. The van der Waals surface area contributed by atoms with Crippen molar-refractivity contribution >= 4 is 5.91 Å². The number of aliphatic hydroxyl groups excluding tert-OH is 1. The highest BCUT2D eigenvalue weighted by Gasteiger charge is 2.21. The third kappa shape index (κ3) is 3.53. The van der Waals surface area contributed by atoms with Crippen LogP contribution < -0.4 is 16.4 Å². The van der Waals surface area contributed by atoms with E-state index in [1.54, 1.807) is 0 Å². The molecule has 1 aromatic carbocycles. The maximum Gasteiger partial charge on any atom is 0.239 e. The van der Waals surface area contributed by atoms with Crippen molar-refractivity contribution in [3.63, 3.8) is 0 Å². The molecule has 1 aromatic rings. The standard InChI is InChI=1S/C14H21N3O2/c1-9(18)13(15)14(19)17-8-12-6-10-4-2-3-5-11(10)7-16-12/h2-5,9,12-13,16,18H,6-8,15H2,1H3,(H,17,19)/t9-,12?,13+/m1/s1. The third-order valence-electron chi connectivity index (χ3n) is 3.51. The molecule has 1 amide bonds. The summed E-state index contributed by atoms with van der Waals surface area (Å²) in [5, 5.41) is 15.4. The van der Waals surface area contributed by atoms with Gasteiger partial charge in [-0.2, -0.15) is 0 Å². The van der Waals surface area contributed by atoms with E-state index < -0.39 is 12.1 Å². The van der Waals surface area contributed by atoms with E-state index in [1.807, 2.05) is 12.1 Å². The molecule has 2 rings (SSSR count). The van der Waals surface area contributed by atoms with Crippen molar-refractivity contribution in [2.75, 3.05) is 6.54 Å². The van der Waals surface area contributed by atoms with Crippen molar-refractivity contribution < 1.29 is 9.90 Å². The average Bonchev–Trinajstić information content (AvgIpc) is 2.43. The van der Waals surface area contributed by atoms with Crippen molar-refractivity contribution in [3.8, 4) is 0 Å². The van der Waals surface area contributed by atoms with Gasteiger partial charge < -0.3 is 21.5 Å². The Morgan fingerprint density at radius 1 is 1.53 bits per heavy atom. The van der Waals surface area contributed by atoms with Gasteiger partial charge in [0.05, 0.1) is 6.10 Å². The van der Waals surface area contributed by atoms with E-state index in [-0.39, 0.29) is 11.9 Å². The van der Waals surface area contributed by atoms with Crippen molar-refractivity contribution in [1.29, 1.82) is 0 Å². The van der Waals surface area contributed by atoms with Gasteiger partial charge in [-0.25, -0.2) is 0 Å². The van der Waals surface area contributed by atoms with Crippen molar-refractivity contribution in [1.82, 2.24) is 10.6 Å². The number of carbonyl (C=O) groups is 1. The number of hydrogen-bond acceptors (Lipinski definition) is 4. The molecule has 0 aliphatic carbocycles. The molecular formula is C14H21N3O2. The van der Waals surface area contributed by atoms with E-state index in [1.165, 1.54) is 18.1 Å². The van der Waals surface area contributed by atoms with Gasteiger partial charge in [0, 0.05) is 19.1 Å². The zero-order valence-corrected chi connectivity index (χ0v) is 11.1. The summed E-state index contributed by atoms with van der Waals surface area (Å²) in [6, 6.07) is 7.64. The van der Waals surface area contributed by atoms with Gasteiger partial charge in [0.2, 0.25) is 5.91 Å². The van der Waals surface area contributed by atoms with Gasteiger partial charge >= 0.3 is 0 Å². The minimum Gasteiger partial charge on any atom is -0.391 e. The van der Waals surface area contributed by atoms with E-state index in [4.69, 9.17) is 5.73 Å². The first-order valence-corrected chi connectivity index (χ1v) is 6.59. The molecular weight excluding hydrogens is 242 g/mol. The first kappa shape index (κ1) is 14.0. The summed E-state index contributed by atoms with van der Waals surface area (Å²) in [7, 11) is 0. The molecule has 0 bridgehead atoms. The third-order valence-corrected chi connectivity index (χ3v) is 3.51. The topological polar surface area (TPSA) is 87.4 Å². The number of aliphatic hydroxyl groups is 1. The van der Waals surface area contributed by atoms with E-state index in [0.29, 0.717) is 6.54 Å². The number of nitrogens with one attached hydrogen (secondary N) is 2. The molecule has 1 heterocycles. The van der Waals surface area contributed by atoms with Crippen LogP contribution in [0.1, 0.15) is 18.1 Å². The number of amides is 1. The Morgan fingerprint density at radius 3 is 2.89 bits per heavy atom. The van der Waals surface area contributed by atoms with Crippen LogP contribution in [0.15, 0.2) is 24.3 Å². The lowest BCUT2D eigenvalue weighted by Crippen LogP contribution is -2.51. The fourth-order valence-corrected chi connectivity index (χ4v) is 2.23. The fourth-order valence-electron chi connectivity index (χ4n) is 2.23. The van der Waals surface area contributed by atoms with E-state index in [2.05, 4.69) is 22.8 Å². The van der Waals surface area contributed by atoms with Crippen LogP contribution >= 0.6 is 0 Å². The van der Waals surface area contributed by atoms with Crippen LogP contribution in [0, 0.1) is 0 Å². The van der Waals surface area contributed by atoms with E-state index >= 15 is 0 Å². The Bertz CT molecular complexity index is 448. The van der Waals surface area contributed by atoms with Gasteiger partial charge in [-0.15, -0.1) is 0 Å². The summed E-state index contributed by atoms with van der Waals surface area (Å²) < 4.78 is 0. The quantitative estimate of drug-likeness (QED) is 0.591. The molecule has 0 fully saturated rings. The Morgan fingerprint density at radius 2 is 2.21 bits per heavy atom. The van der Waals surface area contributed by atoms with Crippen LogP contribution in [0.25, 0.3) is 0 Å². The Hall–Kier alpha value is -1.43. The second-order valence-electron chi connectivity index (χ2n) is 5.06. The highest BCUT2D eigenvalue weighted by molar-refractivity contribution is 5.82. The van der Waals surface area contributed by atoms with Gasteiger partial charge in [0.25, 0.3) is 0 Å². The number of nitrogens with two attached hydrogens (primary N) is 1. The smallest absolute Gasteiger partial charge is 0.239 e. The lowest BCUT2D eigenvalue weighted by atomic mass is 9.96. The number of rotatable bonds is 4. The average molecular weight is 263 g/mol. The van der Waals surface area contributed by atoms with Gasteiger partial charge in [0.1, 0.15) is 6.04 Å². The van der Waals surface area contributed by atoms with Gasteiger partial charge in [-0.3, -0.25) is 4.79 Å². The molecule has 5 nitrogen and oxygen atoms in total. The summed E-state index contributed by atoms with van der Waals surface area (Å²) in [6.45, 7) is 2.85. The molecule has 3 atom stereocenters. The summed E-state index contributed by atoms with van der Waals surface area (Å²) in [5.74, 6) is -0.310. The number of benzene rings is 1. The minimum atomic E-state index is -0.865. The summed E-state index contributed by atoms with van der Waals surface area (Å²) >= 11 is 0. The monoisotopic (exact) mass is 263 g/mol. The predicted molar refractivity (Wildman–Crippen MR) is 73.4 cm³/mol. The maximum atomic E-state index is 11.6. The second-order valence-corrected chi connectivity index (χ2v) is 5.06. The Kier molecular flexibility index (Phi) is 4.52. The van der Waals surface area contributed by atoms with Crippen LogP contribution in [0.2, 0.25) is 0 Å². The first-order valence-electron chi connectivity index (χ1n) is 6.59. The molecule has 104 valence electrons. The molecule has 1 aliphatic heterocycles. The number of fused-ring (bicyclic) bond motifs is 1. The summed E-state index contributed by atoms with van der Waals surface area (Å²) in [5.41, 5.74) is 8.20. The Balaban J connectivity index is 1.84. The molecule has 0 spiro atoms. The molecule has 0 saturated heterocycles. The zero-order chi connectivity index (χ0) is 13.8. The molecule has 1 unspecified atom stereocenters. The SMILES string of the molecule is C[C@@H](O)[C@H](N)C(=O)NCC1Cc2ccccc2CN1. The molecule has 19 heavy (non-hydrogen) atoms. The minimum absolute atomic E-state index is 0.208. The zero-order valence-electron chi connectivity index (χ0n) is 11.1. The van der Waals surface area contributed by atoms with Crippen molar-refractivity contribution in [2.45, 2.75) is 38.1 Å². The van der Waals surface area contributed by atoms with E-state index in [0.717, 1.165) is 13.0 Å². The van der Waals surface area contributed by atoms with Gasteiger partial charge in [-0.05, 0) is 24.5 Å². The summed E-state index contributed by atoms with van der Waals surface area (Å²) in [4.78, 5) is 11.6. The molecule has 0 saturated carbocycles. The van der Waals surface area contributed by atoms with Gasteiger partial charge in [-0.1, -0.05) is 24.3 Å². The molecule has 0 aromatic heterocycles. The lowest BCUT2D eigenvalue weighted by Gasteiger charge is -2.27. The van der Waals surface area contributed by atoms with Crippen LogP contribution in [0.5, 0.6) is 0 Å². The van der Waals surface area contributed by atoms with Crippen LogP contribution in [-0.4, -0.2) is 35.7 Å².